The first-order valence-corrected chi connectivity index (χ1v) is 6.64. The van der Waals surface area contributed by atoms with Crippen LogP contribution in [0.1, 0.15) is 44.7 Å². The maximum atomic E-state index is 3.41. The van der Waals surface area contributed by atoms with Crippen LogP contribution in [0.15, 0.2) is 36.4 Å². The summed E-state index contributed by atoms with van der Waals surface area (Å²) in [5.74, 6) is 0. The summed E-state index contributed by atoms with van der Waals surface area (Å²) in [6.07, 6.45) is 11.0. The second-order valence-electron chi connectivity index (χ2n) is 4.56. The van der Waals surface area contributed by atoms with Gasteiger partial charge in [-0.05, 0) is 36.4 Å². The lowest BCUT2D eigenvalue weighted by atomic mass is 10.1. The molecule has 1 nitrogen and oxygen atoms in total. The molecule has 0 aliphatic carbocycles. The zero-order chi connectivity index (χ0) is 11.9. The molecule has 1 aromatic heterocycles. The van der Waals surface area contributed by atoms with E-state index in [0.717, 1.165) is 0 Å². The van der Waals surface area contributed by atoms with Crippen LogP contribution in [0.4, 0.5) is 0 Å². The highest BCUT2D eigenvalue weighted by Gasteiger charge is 1.95. The van der Waals surface area contributed by atoms with Gasteiger partial charge in [0.1, 0.15) is 0 Å². The zero-order valence-electron chi connectivity index (χ0n) is 10.6. The fourth-order valence-corrected chi connectivity index (χ4v) is 2.08. The second-order valence-corrected chi connectivity index (χ2v) is 4.56. The minimum Gasteiger partial charge on any atom is -0.355 e. The Morgan fingerprint density at radius 1 is 1.12 bits per heavy atom. The molecule has 2 rings (SSSR count). The minimum atomic E-state index is 1.19. The summed E-state index contributed by atoms with van der Waals surface area (Å²) in [5.41, 5.74) is 2.43. The summed E-state index contributed by atoms with van der Waals surface area (Å²) in [6.45, 7) is 2.25. The number of fused-ring (bicyclic) bond motifs is 1. The van der Waals surface area contributed by atoms with Crippen molar-refractivity contribution >= 4 is 17.0 Å². The number of nitrogens with one attached hydrogen (secondary N) is 1. The van der Waals surface area contributed by atoms with Crippen LogP contribution in [0.2, 0.25) is 0 Å². The first-order valence-electron chi connectivity index (χ1n) is 6.64. The van der Waals surface area contributed by atoms with Crippen LogP contribution in [0.3, 0.4) is 0 Å². The van der Waals surface area contributed by atoms with Crippen molar-refractivity contribution < 1.29 is 0 Å². The summed E-state index contributed by atoms with van der Waals surface area (Å²) in [7, 11) is 0. The fraction of sp³-hybridized carbons (Fsp3) is 0.375. The van der Waals surface area contributed by atoms with E-state index in [1.807, 2.05) is 0 Å². The Bertz CT molecular complexity index is 446. The van der Waals surface area contributed by atoms with Crippen LogP contribution in [-0.2, 0) is 0 Å². The van der Waals surface area contributed by atoms with Crippen molar-refractivity contribution in [1.82, 2.24) is 4.98 Å². The van der Waals surface area contributed by atoms with Crippen molar-refractivity contribution in [3.8, 4) is 0 Å². The lowest BCUT2D eigenvalue weighted by molar-refractivity contribution is 0.675. The van der Waals surface area contributed by atoms with Gasteiger partial charge in [0.2, 0.25) is 0 Å². The number of unbranched alkanes of at least 4 members (excludes halogenated alkanes) is 4. The van der Waals surface area contributed by atoms with Crippen LogP contribution < -0.4 is 0 Å². The second kappa shape index (κ2) is 6.29. The van der Waals surface area contributed by atoms with Gasteiger partial charge in [-0.1, -0.05) is 50.5 Å². The fourth-order valence-electron chi connectivity index (χ4n) is 2.08. The Labute approximate surface area is 104 Å². The average Bonchev–Trinajstić information content (AvgIpc) is 2.76. The highest BCUT2D eigenvalue weighted by molar-refractivity contribution is 5.82. The van der Waals surface area contributed by atoms with Gasteiger partial charge in [-0.25, -0.2) is 0 Å². The molecule has 2 aromatic rings. The molecule has 17 heavy (non-hydrogen) atoms. The van der Waals surface area contributed by atoms with Gasteiger partial charge in [0, 0.05) is 11.2 Å². The van der Waals surface area contributed by atoms with Crippen LogP contribution >= 0.6 is 0 Å². The maximum absolute atomic E-state index is 3.41. The van der Waals surface area contributed by atoms with Gasteiger partial charge in [-0.15, -0.1) is 0 Å². The van der Waals surface area contributed by atoms with E-state index in [-0.39, 0.29) is 0 Å². The molecule has 0 saturated carbocycles. The van der Waals surface area contributed by atoms with Gasteiger partial charge < -0.3 is 4.98 Å². The number of hydrogen-bond acceptors (Lipinski definition) is 0. The zero-order valence-corrected chi connectivity index (χ0v) is 10.6. The average molecular weight is 227 g/mol. The molecule has 0 amide bonds. The Kier molecular flexibility index (Phi) is 4.43. The molecule has 0 saturated heterocycles. The molecule has 0 spiro atoms. The van der Waals surface area contributed by atoms with Crippen LogP contribution in [0.5, 0.6) is 0 Å². The normalized spacial score (nSPS) is 11.6. The summed E-state index contributed by atoms with van der Waals surface area (Å²) in [5, 5.41) is 1.29. The highest BCUT2D eigenvalue weighted by Crippen LogP contribution is 2.15. The number of aromatic nitrogens is 1. The molecule has 0 bridgehead atoms. The Morgan fingerprint density at radius 2 is 2.00 bits per heavy atom. The van der Waals surface area contributed by atoms with E-state index >= 15 is 0 Å². The van der Waals surface area contributed by atoms with Gasteiger partial charge in [0.05, 0.1) is 0 Å². The van der Waals surface area contributed by atoms with Crippen molar-refractivity contribution in [2.24, 2.45) is 0 Å². The highest BCUT2D eigenvalue weighted by atomic mass is 14.7. The van der Waals surface area contributed by atoms with Crippen molar-refractivity contribution in [1.29, 1.82) is 0 Å². The van der Waals surface area contributed by atoms with E-state index in [1.54, 1.807) is 0 Å². The summed E-state index contributed by atoms with van der Waals surface area (Å²) >= 11 is 0. The van der Waals surface area contributed by atoms with Gasteiger partial charge in [-0.3, -0.25) is 0 Å². The number of benzene rings is 1. The predicted molar refractivity (Wildman–Crippen MR) is 76.1 cm³/mol. The molecule has 0 radical (unpaired) electrons. The van der Waals surface area contributed by atoms with E-state index in [9.17, 15) is 0 Å². The maximum Gasteiger partial charge on any atom is 0.0458 e. The molecule has 1 heterocycles. The monoisotopic (exact) mass is 227 g/mol. The number of H-pyrrole nitrogens is 1. The van der Waals surface area contributed by atoms with Crippen molar-refractivity contribution in [2.75, 3.05) is 0 Å². The van der Waals surface area contributed by atoms with Gasteiger partial charge >= 0.3 is 0 Å². The first kappa shape index (κ1) is 12.0. The van der Waals surface area contributed by atoms with Crippen LogP contribution in [0.25, 0.3) is 17.0 Å². The largest absolute Gasteiger partial charge is 0.355 e. The Hall–Kier alpha value is -1.50. The molecule has 90 valence electrons. The SMILES string of the molecule is CCCCCC/C=C/c1cc2ccccc2[nH]1. The number of para-hydroxylation sites is 1. The Balaban J connectivity index is 1.87. The van der Waals surface area contributed by atoms with E-state index in [2.05, 4.69) is 54.4 Å². The number of hydrogen-bond donors (Lipinski definition) is 1. The Morgan fingerprint density at radius 3 is 2.82 bits per heavy atom. The molecule has 0 unspecified atom stereocenters. The van der Waals surface area contributed by atoms with Gasteiger partial charge in [0.25, 0.3) is 0 Å². The quantitative estimate of drug-likeness (QED) is 0.657. The number of rotatable bonds is 6. The molecule has 0 aliphatic rings. The van der Waals surface area contributed by atoms with E-state index < -0.39 is 0 Å². The molecular formula is C16H21N. The van der Waals surface area contributed by atoms with E-state index in [0.29, 0.717) is 0 Å². The summed E-state index contributed by atoms with van der Waals surface area (Å²) < 4.78 is 0. The third-order valence-electron chi connectivity index (χ3n) is 3.07. The molecule has 1 N–H and O–H groups in total. The lowest BCUT2D eigenvalue weighted by Crippen LogP contribution is -1.74. The minimum absolute atomic E-state index is 1.19. The molecule has 0 atom stereocenters. The van der Waals surface area contributed by atoms with Crippen molar-refractivity contribution in [3.05, 3.63) is 42.1 Å². The summed E-state index contributed by atoms with van der Waals surface area (Å²) in [4.78, 5) is 3.41. The topological polar surface area (TPSA) is 15.8 Å². The van der Waals surface area contributed by atoms with Crippen LogP contribution in [-0.4, -0.2) is 4.98 Å². The van der Waals surface area contributed by atoms with Gasteiger partial charge in [-0.2, -0.15) is 0 Å². The number of allylic oxidation sites excluding steroid dienone is 1. The van der Waals surface area contributed by atoms with E-state index in [4.69, 9.17) is 0 Å². The molecule has 0 fully saturated rings. The number of aromatic amines is 1. The molecular weight excluding hydrogens is 206 g/mol. The third kappa shape index (κ3) is 3.48. The van der Waals surface area contributed by atoms with Crippen molar-refractivity contribution in [2.45, 2.75) is 39.0 Å². The predicted octanol–water partition coefficient (Wildman–Crippen LogP) is 5.15. The smallest absolute Gasteiger partial charge is 0.0458 e. The molecule has 1 heteroatoms. The van der Waals surface area contributed by atoms with Crippen LogP contribution in [0, 0.1) is 0 Å². The lowest BCUT2D eigenvalue weighted by Gasteiger charge is -1.93. The van der Waals surface area contributed by atoms with E-state index in [1.165, 1.54) is 48.7 Å². The third-order valence-corrected chi connectivity index (χ3v) is 3.07. The molecule has 1 aromatic carbocycles. The molecule has 0 aliphatic heterocycles. The summed E-state index contributed by atoms with van der Waals surface area (Å²) in [6, 6.07) is 10.6. The van der Waals surface area contributed by atoms with Gasteiger partial charge in [0.15, 0.2) is 0 Å². The standard InChI is InChI=1S/C16H21N/c1-2-3-4-5-6-7-11-15-13-14-10-8-9-12-16(14)17-15/h7-13,17H,2-6H2,1H3/b11-7+. The first-order chi connectivity index (χ1) is 8.40. The van der Waals surface area contributed by atoms with Crippen molar-refractivity contribution in [3.63, 3.8) is 0 Å².